The maximum absolute atomic E-state index is 5.59. The Bertz CT molecular complexity index is 1250. The SMILES string of the molecule is CO[C@@H]1CC[C@H]1CNc1nc(-c2nccn2C)nc2sc(-c3ccn(C(C)C)n3)c(C)c12. The smallest absolute Gasteiger partial charge is 0.199 e. The van der Waals surface area contributed by atoms with Crippen LogP contribution in [0.5, 0.6) is 0 Å². The molecule has 5 rings (SSSR count). The first-order valence-corrected chi connectivity index (χ1v) is 11.9. The Balaban J connectivity index is 1.59. The van der Waals surface area contributed by atoms with Crippen molar-refractivity contribution in [2.45, 2.75) is 45.8 Å². The molecule has 168 valence electrons. The molecule has 1 aliphatic carbocycles. The summed E-state index contributed by atoms with van der Waals surface area (Å²) in [5.41, 5.74) is 2.13. The summed E-state index contributed by atoms with van der Waals surface area (Å²) < 4.78 is 9.52. The van der Waals surface area contributed by atoms with Crippen molar-refractivity contribution in [1.82, 2.24) is 29.3 Å². The van der Waals surface area contributed by atoms with Crippen LogP contribution in [0.1, 0.15) is 38.3 Å². The lowest BCUT2D eigenvalue weighted by atomic mass is 9.82. The zero-order valence-electron chi connectivity index (χ0n) is 19.2. The summed E-state index contributed by atoms with van der Waals surface area (Å²) >= 11 is 1.66. The van der Waals surface area contributed by atoms with Crippen LogP contribution in [0, 0.1) is 12.8 Å². The van der Waals surface area contributed by atoms with E-state index in [1.165, 1.54) is 6.42 Å². The zero-order chi connectivity index (χ0) is 22.4. The first-order valence-electron chi connectivity index (χ1n) is 11.1. The molecule has 1 fully saturated rings. The molecular formula is C23H29N7OS. The van der Waals surface area contributed by atoms with Gasteiger partial charge in [-0.25, -0.2) is 15.0 Å². The second-order valence-electron chi connectivity index (χ2n) is 8.76. The molecule has 0 unspecified atom stereocenters. The van der Waals surface area contributed by atoms with E-state index in [-0.39, 0.29) is 0 Å². The lowest BCUT2D eigenvalue weighted by Gasteiger charge is -2.35. The summed E-state index contributed by atoms with van der Waals surface area (Å²) in [5.74, 6) is 2.75. The van der Waals surface area contributed by atoms with Gasteiger partial charge in [0.1, 0.15) is 16.3 Å². The fourth-order valence-electron chi connectivity index (χ4n) is 4.25. The van der Waals surface area contributed by atoms with Gasteiger partial charge in [0.15, 0.2) is 11.6 Å². The highest BCUT2D eigenvalue weighted by Gasteiger charge is 2.31. The Kier molecular flexibility index (Phi) is 5.46. The number of nitrogens with zero attached hydrogens (tertiary/aromatic N) is 6. The van der Waals surface area contributed by atoms with Crippen LogP contribution < -0.4 is 5.32 Å². The summed E-state index contributed by atoms with van der Waals surface area (Å²) in [6.45, 7) is 7.24. The Hall–Kier alpha value is -2.78. The highest BCUT2D eigenvalue weighted by Crippen LogP contribution is 2.41. The molecule has 1 saturated carbocycles. The first-order chi connectivity index (χ1) is 15.5. The summed E-state index contributed by atoms with van der Waals surface area (Å²) in [6.07, 6.45) is 8.35. The molecule has 0 amide bonds. The number of fused-ring (bicyclic) bond motifs is 1. The van der Waals surface area contributed by atoms with E-state index in [0.717, 1.165) is 51.0 Å². The van der Waals surface area contributed by atoms with Crippen LogP contribution in [0.15, 0.2) is 24.7 Å². The van der Waals surface area contributed by atoms with E-state index < -0.39 is 0 Å². The van der Waals surface area contributed by atoms with E-state index in [9.17, 15) is 0 Å². The van der Waals surface area contributed by atoms with Gasteiger partial charge in [-0.2, -0.15) is 5.10 Å². The van der Waals surface area contributed by atoms with Crippen LogP contribution in [0.4, 0.5) is 5.82 Å². The highest BCUT2D eigenvalue weighted by molar-refractivity contribution is 7.22. The van der Waals surface area contributed by atoms with Gasteiger partial charge in [-0.1, -0.05) is 0 Å². The molecule has 4 heterocycles. The molecule has 32 heavy (non-hydrogen) atoms. The molecule has 0 aromatic carbocycles. The van der Waals surface area contributed by atoms with Crippen LogP contribution >= 0.6 is 11.3 Å². The predicted octanol–water partition coefficient (Wildman–Crippen LogP) is 4.68. The molecule has 0 spiro atoms. The number of aryl methyl sites for hydroxylation is 2. The number of nitrogens with one attached hydrogen (secondary N) is 1. The maximum atomic E-state index is 5.59. The van der Waals surface area contributed by atoms with Gasteiger partial charge in [-0.05, 0) is 45.2 Å². The lowest BCUT2D eigenvalue weighted by molar-refractivity contribution is -0.0101. The fraction of sp³-hybridized carbons (Fsp3) is 0.478. The van der Waals surface area contributed by atoms with Crippen molar-refractivity contribution in [2.75, 3.05) is 19.0 Å². The molecular weight excluding hydrogens is 422 g/mol. The van der Waals surface area contributed by atoms with E-state index in [0.29, 0.717) is 23.9 Å². The van der Waals surface area contributed by atoms with Gasteiger partial charge in [0.25, 0.3) is 0 Å². The molecule has 0 aliphatic heterocycles. The number of thiophene rings is 1. The van der Waals surface area contributed by atoms with Crippen molar-refractivity contribution in [3.05, 3.63) is 30.2 Å². The number of ether oxygens (including phenoxy) is 1. The van der Waals surface area contributed by atoms with Crippen LogP contribution in [0.2, 0.25) is 0 Å². The molecule has 9 heteroatoms. The minimum Gasteiger partial charge on any atom is -0.381 e. The quantitative estimate of drug-likeness (QED) is 0.439. The van der Waals surface area contributed by atoms with Crippen molar-refractivity contribution in [3.8, 4) is 22.2 Å². The van der Waals surface area contributed by atoms with E-state index in [1.807, 2.05) is 28.7 Å². The van der Waals surface area contributed by atoms with E-state index in [4.69, 9.17) is 19.8 Å². The van der Waals surface area contributed by atoms with Gasteiger partial charge in [0.05, 0.1) is 16.4 Å². The summed E-state index contributed by atoms with van der Waals surface area (Å²) in [7, 11) is 3.76. The zero-order valence-corrected chi connectivity index (χ0v) is 20.0. The van der Waals surface area contributed by atoms with Crippen LogP contribution in [-0.2, 0) is 11.8 Å². The summed E-state index contributed by atoms with van der Waals surface area (Å²) in [4.78, 5) is 16.4. The van der Waals surface area contributed by atoms with E-state index >= 15 is 0 Å². The van der Waals surface area contributed by atoms with Crippen LogP contribution in [0.3, 0.4) is 0 Å². The largest absolute Gasteiger partial charge is 0.381 e. The van der Waals surface area contributed by atoms with Gasteiger partial charge in [0, 0.05) is 51.3 Å². The summed E-state index contributed by atoms with van der Waals surface area (Å²) in [5, 5.41) is 9.48. The number of hydrogen-bond acceptors (Lipinski definition) is 7. The van der Waals surface area contributed by atoms with Crippen LogP contribution in [0.25, 0.3) is 32.4 Å². The van der Waals surface area contributed by atoms with E-state index in [1.54, 1.807) is 24.6 Å². The number of rotatable bonds is 7. The molecule has 1 aliphatic rings. The van der Waals surface area contributed by atoms with Crippen molar-refractivity contribution in [1.29, 1.82) is 0 Å². The number of imidazole rings is 1. The van der Waals surface area contributed by atoms with Crippen molar-refractivity contribution < 1.29 is 4.74 Å². The molecule has 0 radical (unpaired) electrons. The molecule has 0 saturated heterocycles. The normalized spacial score (nSPS) is 18.4. The van der Waals surface area contributed by atoms with Crippen molar-refractivity contribution in [2.24, 2.45) is 13.0 Å². The van der Waals surface area contributed by atoms with Gasteiger partial charge < -0.3 is 14.6 Å². The topological polar surface area (TPSA) is 82.7 Å². The van der Waals surface area contributed by atoms with Crippen molar-refractivity contribution >= 4 is 27.4 Å². The molecule has 2 atom stereocenters. The minimum atomic E-state index is 0.321. The average molecular weight is 452 g/mol. The number of aromatic nitrogens is 6. The fourth-order valence-corrected chi connectivity index (χ4v) is 5.39. The van der Waals surface area contributed by atoms with Crippen molar-refractivity contribution in [3.63, 3.8) is 0 Å². The second-order valence-corrected chi connectivity index (χ2v) is 9.76. The Morgan fingerprint density at radius 3 is 2.72 bits per heavy atom. The van der Waals surface area contributed by atoms with Crippen LogP contribution in [-0.4, -0.2) is 49.1 Å². The third-order valence-electron chi connectivity index (χ3n) is 6.36. The monoisotopic (exact) mass is 451 g/mol. The Morgan fingerprint density at radius 1 is 1.25 bits per heavy atom. The first kappa shape index (κ1) is 21.1. The maximum Gasteiger partial charge on any atom is 0.199 e. The Labute approximate surface area is 191 Å². The van der Waals surface area contributed by atoms with Gasteiger partial charge in [0.2, 0.25) is 0 Å². The summed E-state index contributed by atoms with van der Waals surface area (Å²) in [6, 6.07) is 2.40. The number of hydrogen-bond donors (Lipinski definition) is 1. The highest BCUT2D eigenvalue weighted by atomic mass is 32.1. The number of anilines is 1. The van der Waals surface area contributed by atoms with Gasteiger partial charge in [-0.3, -0.25) is 4.68 Å². The Morgan fingerprint density at radius 2 is 2.09 bits per heavy atom. The average Bonchev–Trinajstić information content (AvgIpc) is 3.46. The molecule has 4 aromatic rings. The predicted molar refractivity (Wildman–Crippen MR) is 128 cm³/mol. The van der Waals surface area contributed by atoms with Gasteiger partial charge in [-0.15, -0.1) is 11.3 Å². The lowest BCUT2D eigenvalue weighted by Crippen LogP contribution is -2.38. The van der Waals surface area contributed by atoms with Gasteiger partial charge >= 0.3 is 0 Å². The molecule has 0 bridgehead atoms. The second kappa shape index (κ2) is 8.29. The number of methoxy groups -OCH3 is 1. The molecule has 8 nitrogen and oxygen atoms in total. The third-order valence-corrected chi connectivity index (χ3v) is 7.57. The minimum absolute atomic E-state index is 0.321. The third kappa shape index (κ3) is 3.59. The van der Waals surface area contributed by atoms with E-state index in [2.05, 4.69) is 37.1 Å². The molecule has 4 aromatic heterocycles. The standard InChI is InChI=1S/C23H29N7OS/c1-13(2)30-10-8-16(28-30)19-14(3)18-20(25-12-15-6-7-17(15)31-5)26-21(27-23(18)32-19)22-24-9-11-29(22)4/h8-11,13,15,17H,6-7,12H2,1-5H3,(H,25,26,27)/t15-,17+/m0/s1. The molecule has 1 N–H and O–H groups in total.